The van der Waals surface area contributed by atoms with Crippen LogP contribution in [0.5, 0.6) is 0 Å². The van der Waals surface area contributed by atoms with Gasteiger partial charge in [0, 0.05) is 24.5 Å². The van der Waals surface area contributed by atoms with Crippen molar-refractivity contribution in [2.45, 2.75) is 12.8 Å². The van der Waals surface area contributed by atoms with Crippen LogP contribution >= 0.6 is 0 Å². The predicted octanol–water partition coefficient (Wildman–Crippen LogP) is 4.31. The van der Waals surface area contributed by atoms with Gasteiger partial charge in [0.2, 0.25) is 0 Å². The molecule has 1 aliphatic rings. The molecule has 0 unspecified atom stereocenters. The lowest BCUT2D eigenvalue weighted by atomic mass is 10.0. The number of ether oxygens (including phenoxy) is 1. The molecule has 166 valence electrons. The molecule has 3 aromatic heterocycles. The van der Waals surface area contributed by atoms with E-state index in [1.54, 1.807) is 53.8 Å². The Bertz CT molecular complexity index is 1370. The molecule has 5 rings (SSSR count). The fourth-order valence-corrected chi connectivity index (χ4v) is 4.01. The molecule has 4 aromatic rings. The van der Waals surface area contributed by atoms with Crippen LogP contribution in [0.15, 0.2) is 61.1 Å². The molecule has 0 radical (unpaired) electrons. The van der Waals surface area contributed by atoms with Crippen LogP contribution in [0.4, 0.5) is 20.7 Å². The topological polar surface area (TPSA) is 88.8 Å². The van der Waals surface area contributed by atoms with E-state index in [0.717, 1.165) is 29.7 Å². The number of halogens is 1. The first-order valence-corrected chi connectivity index (χ1v) is 10.4. The van der Waals surface area contributed by atoms with Crippen molar-refractivity contribution in [2.24, 2.45) is 0 Å². The molecule has 0 saturated carbocycles. The first kappa shape index (κ1) is 20.6. The van der Waals surface area contributed by atoms with E-state index in [9.17, 15) is 14.0 Å². The maximum absolute atomic E-state index is 13.9. The molecule has 0 atom stereocenters. The van der Waals surface area contributed by atoms with Gasteiger partial charge in [-0.05, 0) is 54.8 Å². The Kier molecular flexibility index (Phi) is 5.21. The van der Waals surface area contributed by atoms with Crippen molar-refractivity contribution in [2.75, 3.05) is 23.9 Å². The number of hydrogen-bond donors (Lipinski definition) is 1. The van der Waals surface area contributed by atoms with Crippen LogP contribution in [0.1, 0.15) is 22.3 Å². The van der Waals surface area contributed by atoms with Gasteiger partial charge < -0.3 is 9.64 Å². The Morgan fingerprint density at radius 3 is 2.76 bits per heavy atom. The normalized spacial score (nSPS) is 13.0. The Morgan fingerprint density at radius 1 is 1.09 bits per heavy atom. The van der Waals surface area contributed by atoms with Crippen molar-refractivity contribution in [3.8, 4) is 11.3 Å². The largest absolute Gasteiger partial charge is 0.453 e. The van der Waals surface area contributed by atoms with Gasteiger partial charge in [0.1, 0.15) is 17.3 Å². The number of carbonyl (C=O) groups is 2. The van der Waals surface area contributed by atoms with E-state index < -0.39 is 6.09 Å². The molecular formula is C24H20FN5O3. The van der Waals surface area contributed by atoms with Crippen LogP contribution in [-0.4, -0.2) is 40.0 Å². The summed E-state index contributed by atoms with van der Waals surface area (Å²) in [6, 6.07) is 11.5. The molecule has 0 saturated heterocycles. The van der Waals surface area contributed by atoms with Gasteiger partial charge in [-0.2, -0.15) is 0 Å². The summed E-state index contributed by atoms with van der Waals surface area (Å²) in [5, 5.41) is 2.50. The zero-order chi connectivity index (χ0) is 22.9. The molecule has 1 N–H and O–H groups in total. The first-order valence-electron chi connectivity index (χ1n) is 10.4. The second-order valence-electron chi connectivity index (χ2n) is 7.67. The second-order valence-corrected chi connectivity index (χ2v) is 7.67. The summed E-state index contributed by atoms with van der Waals surface area (Å²) in [5.74, 6) is -0.205. The smallest absolute Gasteiger partial charge is 0.412 e. The van der Waals surface area contributed by atoms with Gasteiger partial charge in [0.15, 0.2) is 0 Å². The first-order chi connectivity index (χ1) is 16.0. The summed E-state index contributed by atoms with van der Waals surface area (Å²) < 4.78 is 20.3. The Balaban J connectivity index is 1.48. The molecule has 1 aliphatic heterocycles. The standard InChI is InChI=1S/C24H20FN5O3/c1-33-24(32)28-21-8-5-16(12-26-21)20-13-27-22-9-6-17(14-30(20)22)23(31)29-10-2-3-15-4-7-18(25)11-19(15)29/h4-9,11-14H,2-3,10H2,1H3,(H,26,28,32). The lowest BCUT2D eigenvalue weighted by Gasteiger charge is -2.29. The number of methoxy groups -OCH3 is 1. The molecule has 33 heavy (non-hydrogen) atoms. The summed E-state index contributed by atoms with van der Waals surface area (Å²) in [4.78, 5) is 35.0. The Morgan fingerprint density at radius 2 is 1.97 bits per heavy atom. The molecule has 2 amide bonds. The van der Waals surface area contributed by atoms with E-state index in [1.807, 2.05) is 4.40 Å². The third-order valence-corrected chi connectivity index (χ3v) is 5.64. The van der Waals surface area contributed by atoms with Gasteiger partial charge in [-0.1, -0.05) is 6.07 Å². The van der Waals surface area contributed by atoms with Crippen molar-refractivity contribution in [1.29, 1.82) is 0 Å². The van der Waals surface area contributed by atoms with Gasteiger partial charge in [0.25, 0.3) is 5.91 Å². The number of imidazole rings is 1. The van der Waals surface area contributed by atoms with Crippen LogP contribution in [0.2, 0.25) is 0 Å². The zero-order valence-corrected chi connectivity index (χ0v) is 17.8. The van der Waals surface area contributed by atoms with Gasteiger partial charge >= 0.3 is 6.09 Å². The predicted molar refractivity (Wildman–Crippen MR) is 121 cm³/mol. The lowest BCUT2D eigenvalue weighted by molar-refractivity contribution is 0.0984. The van der Waals surface area contributed by atoms with E-state index in [4.69, 9.17) is 0 Å². The van der Waals surface area contributed by atoms with Crippen LogP contribution in [0.25, 0.3) is 16.9 Å². The number of pyridine rings is 2. The third kappa shape index (κ3) is 3.89. The minimum atomic E-state index is -0.604. The van der Waals surface area contributed by atoms with E-state index in [-0.39, 0.29) is 11.7 Å². The van der Waals surface area contributed by atoms with Crippen LogP contribution in [0, 0.1) is 5.82 Å². The number of benzene rings is 1. The molecule has 0 spiro atoms. The number of amides is 2. The van der Waals surface area contributed by atoms with Gasteiger partial charge in [0.05, 0.1) is 30.3 Å². The number of hydrogen-bond acceptors (Lipinski definition) is 5. The monoisotopic (exact) mass is 445 g/mol. The van der Waals surface area contributed by atoms with Crippen molar-refractivity contribution >= 4 is 29.2 Å². The van der Waals surface area contributed by atoms with Crippen LogP contribution in [-0.2, 0) is 11.2 Å². The number of carbonyl (C=O) groups excluding carboxylic acids is 2. The summed E-state index contributed by atoms with van der Waals surface area (Å²) in [6.07, 6.45) is 6.06. The van der Waals surface area contributed by atoms with E-state index in [1.165, 1.54) is 19.2 Å². The number of anilines is 2. The number of aryl methyl sites for hydroxylation is 1. The summed E-state index contributed by atoms with van der Waals surface area (Å²) in [7, 11) is 1.28. The molecular weight excluding hydrogens is 425 g/mol. The maximum atomic E-state index is 13.9. The fourth-order valence-electron chi connectivity index (χ4n) is 4.01. The van der Waals surface area contributed by atoms with E-state index in [0.29, 0.717) is 29.3 Å². The maximum Gasteiger partial charge on any atom is 0.412 e. The highest BCUT2D eigenvalue weighted by Crippen LogP contribution is 2.30. The minimum Gasteiger partial charge on any atom is -0.453 e. The Labute approximate surface area is 188 Å². The number of aromatic nitrogens is 3. The highest BCUT2D eigenvalue weighted by molar-refractivity contribution is 6.06. The van der Waals surface area contributed by atoms with Crippen LogP contribution in [0.3, 0.4) is 0 Å². The van der Waals surface area contributed by atoms with Crippen molar-refractivity contribution in [1.82, 2.24) is 14.4 Å². The second kappa shape index (κ2) is 8.34. The highest BCUT2D eigenvalue weighted by atomic mass is 19.1. The molecule has 8 nitrogen and oxygen atoms in total. The Hall–Kier alpha value is -4.27. The van der Waals surface area contributed by atoms with Crippen molar-refractivity contribution in [3.63, 3.8) is 0 Å². The van der Waals surface area contributed by atoms with Crippen molar-refractivity contribution < 1.29 is 18.7 Å². The summed E-state index contributed by atoms with van der Waals surface area (Å²) >= 11 is 0. The van der Waals surface area contributed by atoms with Crippen molar-refractivity contribution in [3.05, 3.63) is 78.0 Å². The average molecular weight is 445 g/mol. The highest BCUT2D eigenvalue weighted by Gasteiger charge is 2.24. The molecule has 4 heterocycles. The molecule has 0 bridgehead atoms. The molecule has 0 aliphatic carbocycles. The lowest BCUT2D eigenvalue weighted by Crippen LogP contribution is -2.35. The molecule has 0 fully saturated rings. The van der Waals surface area contributed by atoms with Gasteiger partial charge in [-0.3, -0.25) is 14.5 Å². The quantitative estimate of drug-likeness (QED) is 0.508. The number of nitrogens with zero attached hydrogens (tertiary/aromatic N) is 4. The zero-order valence-electron chi connectivity index (χ0n) is 17.8. The van der Waals surface area contributed by atoms with E-state index in [2.05, 4.69) is 20.0 Å². The third-order valence-electron chi connectivity index (χ3n) is 5.64. The fraction of sp³-hybridized carbons (Fsp3) is 0.167. The number of rotatable bonds is 3. The average Bonchev–Trinajstić information content (AvgIpc) is 3.27. The number of nitrogens with one attached hydrogen (secondary N) is 1. The SMILES string of the molecule is COC(=O)Nc1ccc(-c2cnc3ccc(C(=O)N4CCCc5ccc(F)cc54)cn23)cn1. The molecule has 1 aromatic carbocycles. The summed E-state index contributed by atoms with van der Waals surface area (Å²) in [6.45, 7) is 0.530. The van der Waals surface area contributed by atoms with Gasteiger partial charge in [-0.15, -0.1) is 0 Å². The minimum absolute atomic E-state index is 0.196. The summed E-state index contributed by atoms with van der Waals surface area (Å²) in [5.41, 5.74) is 4.22. The molecule has 9 heteroatoms. The van der Waals surface area contributed by atoms with Crippen LogP contribution < -0.4 is 10.2 Å². The van der Waals surface area contributed by atoms with Gasteiger partial charge in [-0.25, -0.2) is 19.2 Å². The number of fused-ring (bicyclic) bond motifs is 2. The van der Waals surface area contributed by atoms with E-state index >= 15 is 0 Å².